The number of alkyl halides is 3. The molecule has 0 bridgehead atoms. The summed E-state index contributed by atoms with van der Waals surface area (Å²) >= 11 is 0. The third kappa shape index (κ3) is 3.34. The summed E-state index contributed by atoms with van der Waals surface area (Å²) in [5, 5.41) is 10.1. The van der Waals surface area contributed by atoms with E-state index >= 15 is 0 Å². The molecule has 5 nitrogen and oxygen atoms in total. The smallest absolute Gasteiger partial charge is 0.368 e. The molecule has 0 aliphatic carbocycles. The van der Waals surface area contributed by atoms with Gasteiger partial charge in [0.25, 0.3) is 0 Å². The SMILES string of the molecule is Nc1nc(Nc2cc(F)c(-c3ccc4ccccc4c3)c(C(F)(F)F)c2)n[nH]1. The fourth-order valence-electron chi connectivity index (χ4n) is 3.00. The number of benzene rings is 3. The quantitative estimate of drug-likeness (QED) is 0.427. The lowest BCUT2D eigenvalue weighted by atomic mass is 9.95. The van der Waals surface area contributed by atoms with Gasteiger partial charge in [-0.15, -0.1) is 5.10 Å². The van der Waals surface area contributed by atoms with Gasteiger partial charge in [0.2, 0.25) is 11.9 Å². The van der Waals surface area contributed by atoms with Crippen molar-refractivity contribution < 1.29 is 17.6 Å². The second kappa shape index (κ2) is 6.52. The maximum Gasteiger partial charge on any atom is 0.417 e. The van der Waals surface area contributed by atoms with Crippen LogP contribution in [0.5, 0.6) is 0 Å². The number of nitrogens with two attached hydrogens (primary N) is 1. The molecule has 0 amide bonds. The largest absolute Gasteiger partial charge is 0.417 e. The van der Waals surface area contributed by atoms with Crippen LogP contribution in [0.3, 0.4) is 0 Å². The van der Waals surface area contributed by atoms with Crippen LogP contribution in [0, 0.1) is 5.82 Å². The van der Waals surface area contributed by atoms with E-state index in [9.17, 15) is 17.6 Å². The van der Waals surface area contributed by atoms with Crippen LogP contribution < -0.4 is 11.1 Å². The first kappa shape index (κ1) is 17.8. The Morgan fingerprint density at radius 2 is 1.71 bits per heavy atom. The predicted molar refractivity (Wildman–Crippen MR) is 98.4 cm³/mol. The van der Waals surface area contributed by atoms with Gasteiger partial charge in [0.05, 0.1) is 5.56 Å². The Kier molecular flexibility index (Phi) is 4.14. The summed E-state index contributed by atoms with van der Waals surface area (Å²) in [6.07, 6.45) is -4.77. The van der Waals surface area contributed by atoms with E-state index in [4.69, 9.17) is 5.73 Å². The zero-order chi connectivity index (χ0) is 19.9. The van der Waals surface area contributed by atoms with Gasteiger partial charge in [-0.3, -0.25) is 0 Å². The van der Waals surface area contributed by atoms with Crippen LogP contribution in [0.25, 0.3) is 21.9 Å². The Bertz CT molecular complexity index is 1170. The zero-order valence-electron chi connectivity index (χ0n) is 14.2. The first-order valence-corrected chi connectivity index (χ1v) is 8.16. The molecule has 4 rings (SSSR count). The summed E-state index contributed by atoms with van der Waals surface area (Å²) in [6, 6.07) is 13.6. The molecule has 9 heteroatoms. The fourth-order valence-corrected chi connectivity index (χ4v) is 3.00. The molecule has 0 fully saturated rings. The summed E-state index contributed by atoms with van der Waals surface area (Å²) in [4.78, 5) is 3.74. The number of anilines is 3. The molecule has 0 unspecified atom stereocenters. The van der Waals surface area contributed by atoms with Gasteiger partial charge >= 0.3 is 6.18 Å². The number of aromatic nitrogens is 3. The molecule has 0 radical (unpaired) electrons. The van der Waals surface area contributed by atoms with Gasteiger partial charge in [0, 0.05) is 11.3 Å². The molecule has 1 heterocycles. The van der Waals surface area contributed by atoms with Crippen LogP contribution in [-0.4, -0.2) is 15.2 Å². The third-order valence-corrected chi connectivity index (χ3v) is 4.19. The molecule has 0 atom stereocenters. The predicted octanol–water partition coefficient (Wildman–Crippen LogP) is 5.11. The average Bonchev–Trinajstić information content (AvgIpc) is 3.05. The van der Waals surface area contributed by atoms with Gasteiger partial charge in [0.15, 0.2) is 0 Å². The minimum absolute atomic E-state index is 0.0215. The lowest BCUT2D eigenvalue weighted by molar-refractivity contribution is -0.137. The van der Waals surface area contributed by atoms with Crippen molar-refractivity contribution in [2.24, 2.45) is 0 Å². The zero-order valence-corrected chi connectivity index (χ0v) is 14.2. The van der Waals surface area contributed by atoms with E-state index in [0.29, 0.717) is 5.39 Å². The molecule has 0 spiro atoms. The van der Waals surface area contributed by atoms with Crippen LogP contribution in [0.15, 0.2) is 54.6 Å². The van der Waals surface area contributed by atoms with E-state index in [0.717, 1.165) is 17.5 Å². The molecule has 4 aromatic rings. The molecule has 0 saturated carbocycles. The van der Waals surface area contributed by atoms with Crippen molar-refractivity contribution in [3.8, 4) is 11.1 Å². The molecule has 0 aliphatic heterocycles. The van der Waals surface area contributed by atoms with Gasteiger partial charge < -0.3 is 11.1 Å². The van der Waals surface area contributed by atoms with Crippen molar-refractivity contribution in [3.05, 3.63) is 66.0 Å². The third-order valence-electron chi connectivity index (χ3n) is 4.19. The second-order valence-corrected chi connectivity index (χ2v) is 6.11. The number of H-pyrrole nitrogens is 1. The Morgan fingerprint density at radius 1 is 0.964 bits per heavy atom. The van der Waals surface area contributed by atoms with E-state index in [2.05, 4.69) is 20.5 Å². The Hall–Kier alpha value is -3.62. The monoisotopic (exact) mass is 387 g/mol. The van der Waals surface area contributed by atoms with Gasteiger partial charge in [-0.25, -0.2) is 9.49 Å². The highest BCUT2D eigenvalue weighted by molar-refractivity contribution is 5.88. The highest BCUT2D eigenvalue weighted by Crippen LogP contribution is 2.41. The molecule has 28 heavy (non-hydrogen) atoms. The topological polar surface area (TPSA) is 79.6 Å². The average molecular weight is 387 g/mol. The highest BCUT2D eigenvalue weighted by atomic mass is 19.4. The van der Waals surface area contributed by atoms with Crippen molar-refractivity contribution in [2.75, 3.05) is 11.1 Å². The number of nitrogen functional groups attached to an aromatic ring is 1. The highest BCUT2D eigenvalue weighted by Gasteiger charge is 2.36. The lowest BCUT2D eigenvalue weighted by Crippen LogP contribution is -2.10. The first-order valence-electron chi connectivity index (χ1n) is 8.16. The Labute approximate surface area is 156 Å². The number of aromatic amines is 1. The second-order valence-electron chi connectivity index (χ2n) is 6.11. The minimum Gasteiger partial charge on any atom is -0.368 e. The molecule has 3 aromatic carbocycles. The number of halogens is 4. The molecule has 142 valence electrons. The Balaban J connectivity index is 1.85. The molecule has 1 aromatic heterocycles. The van der Waals surface area contributed by atoms with Crippen LogP contribution in [0.2, 0.25) is 0 Å². The first-order chi connectivity index (χ1) is 13.3. The molecule has 0 saturated heterocycles. The number of fused-ring (bicyclic) bond motifs is 1. The van der Waals surface area contributed by atoms with Crippen molar-refractivity contribution in [1.29, 1.82) is 0 Å². The van der Waals surface area contributed by atoms with E-state index in [-0.39, 0.29) is 23.1 Å². The van der Waals surface area contributed by atoms with Crippen LogP contribution in [0.4, 0.5) is 35.1 Å². The normalized spacial score (nSPS) is 11.7. The standard InChI is InChI=1S/C19H13F4N5/c20-15-9-13(25-18-26-17(24)27-28-18)8-14(19(21,22)23)16(15)12-6-5-10-3-1-2-4-11(10)7-12/h1-9H,(H4,24,25,26,27,28). The summed E-state index contributed by atoms with van der Waals surface area (Å²) in [5.41, 5.74) is 3.76. The summed E-state index contributed by atoms with van der Waals surface area (Å²) in [7, 11) is 0. The molecule has 0 aliphatic rings. The summed E-state index contributed by atoms with van der Waals surface area (Å²) in [5.74, 6) is -1.11. The van der Waals surface area contributed by atoms with Crippen molar-refractivity contribution >= 4 is 28.4 Å². The number of rotatable bonds is 3. The van der Waals surface area contributed by atoms with Crippen molar-refractivity contribution in [3.63, 3.8) is 0 Å². The maximum absolute atomic E-state index is 14.8. The van der Waals surface area contributed by atoms with Crippen LogP contribution in [0.1, 0.15) is 5.56 Å². The number of hydrogen-bond donors (Lipinski definition) is 3. The number of nitrogens with zero attached hydrogens (tertiary/aromatic N) is 2. The van der Waals surface area contributed by atoms with Crippen LogP contribution in [-0.2, 0) is 6.18 Å². The van der Waals surface area contributed by atoms with E-state index in [1.54, 1.807) is 18.2 Å². The number of hydrogen-bond acceptors (Lipinski definition) is 4. The van der Waals surface area contributed by atoms with E-state index in [1.165, 1.54) is 12.1 Å². The number of nitrogens with one attached hydrogen (secondary N) is 2. The minimum atomic E-state index is -4.77. The Morgan fingerprint density at radius 3 is 2.39 bits per heavy atom. The molecular formula is C19H13F4N5. The molecular weight excluding hydrogens is 374 g/mol. The van der Waals surface area contributed by atoms with Gasteiger partial charge in [-0.2, -0.15) is 18.2 Å². The maximum atomic E-state index is 14.8. The van der Waals surface area contributed by atoms with E-state index in [1.807, 2.05) is 12.1 Å². The van der Waals surface area contributed by atoms with Gasteiger partial charge in [-0.05, 0) is 34.5 Å². The summed E-state index contributed by atoms with van der Waals surface area (Å²) < 4.78 is 55.9. The molecule has 4 N–H and O–H groups in total. The van der Waals surface area contributed by atoms with Crippen molar-refractivity contribution in [1.82, 2.24) is 15.2 Å². The fraction of sp³-hybridized carbons (Fsp3) is 0.0526. The van der Waals surface area contributed by atoms with E-state index < -0.39 is 23.1 Å². The lowest BCUT2D eigenvalue weighted by Gasteiger charge is -2.16. The van der Waals surface area contributed by atoms with Crippen LogP contribution >= 0.6 is 0 Å². The van der Waals surface area contributed by atoms with Crippen molar-refractivity contribution in [2.45, 2.75) is 6.18 Å². The van der Waals surface area contributed by atoms with Gasteiger partial charge in [-0.1, -0.05) is 36.4 Å². The summed E-state index contributed by atoms with van der Waals surface area (Å²) in [6.45, 7) is 0. The van der Waals surface area contributed by atoms with Gasteiger partial charge in [0.1, 0.15) is 5.82 Å².